The molecule has 15 heavy (non-hydrogen) atoms. The average Bonchev–Trinajstić information content (AvgIpc) is 2.65. The van der Waals surface area contributed by atoms with E-state index in [1.165, 1.54) is 11.1 Å². The fourth-order valence-electron chi connectivity index (χ4n) is 1.64. The van der Waals surface area contributed by atoms with E-state index >= 15 is 0 Å². The summed E-state index contributed by atoms with van der Waals surface area (Å²) in [5, 5.41) is 0. The third kappa shape index (κ3) is 2.40. The lowest BCUT2D eigenvalue weighted by atomic mass is 10.1. The molecule has 78 valence electrons. The van der Waals surface area contributed by atoms with E-state index in [2.05, 4.69) is 35.2 Å². The normalized spacial score (nSPS) is 10.3. The van der Waals surface area contributed by atoms with E-state index < -0.39 is 0 Å². The summed E-state index contributed by atoms with van der Waals surface area (Å²) >= 11 is 0. The van der Waals surface area contributed by atoms with Crippen molar-refractivity contribution in [3.8, 4) is 5.75 Å². The van der Waals surface area contributed by atoms with Crippen molar-refractivity contribution in [1.82, 2.24) is 4.57 Å². The van der Waals surface area contributed by atoms with Gasteiger partial charge in [-0.15, -0.1) is 0 Å². The minimum absolute atomic E-state index is 0.909. The van der Waals surface area contributed by atoms with Crippen molar-refractivity contribution in [2.45, 2.75) is 6.42 Å². The van der Waals surface area contributed by atoms with Crippen LogP contribution < -0.4 is 4.74 Å². The largest absolute Gasteiger partial charge is 0.497 e. The van der Waals surface area contributed by atoms with Gasteiger partial charge in [0.25, 0.3) is 0 Å². The summed E-state index contributed by atoms with van der Waals surface area (Å²) in [4.78, 5) is 0. The van der Waals surface area contributed by atoms with Gasteiger partial charge in [-0.3, -0.25) is 0 Å². The fourth-order valence-corrected chi connectivity index (χ4v) is 1.64. The van der Waals surface area contributed by atoms with Gasteiger partial charge in [0.1, 0.15) is 5.75 Å². The van der Waals surface area contributed by atoms with Crippen molar-refractivity contribution in [1.29, 1.82) is 0 Å². The van der Waals surface area contributed by atoms with Gasteiger partial charge in [0.2, 0.25) is 0 Å². The average molecular weight is 201 g/mol. The molecule has 0 amide bonds. The number of methoxy groups -OCH3 is 1. The summed E-state index contributed by atoms with van der Waals surface area (Å²) < 4.78 is 7.19. The Morgan fingerprint density at radius 1 is 1.07 bits per heavy atom. The molecule has 0 spiro atoms. The zero-order valence-electron chi connectivity index (χ0n) is 9.10. The molecule has 0 saturated heterocycles. The molecule has 0 aliphatic heterocycles. The van der Waals surface area contributed by atoms with Crippen LogP contribution in [0.3, 0.4) is 0 Å². The molecule has 0 aliphatic carbocycles. The number of hydrogen-bond acceptors (Lipinski definition) is 1. The standard InChI is InChI=1S/C13H15NO/c1-14-8-7-12(10-14)9-11-3-5-13(15-2)6-4-11/h3-8,10H,9H2,1-2H3. The third-order valence-corrected chi connectivity index (χ3v) is 2.46. The summed E-state index contributed by atoms with van der Waals surface area (Å²) in [6.45, 7) is 0. The van der Waals surface area contributed by atoms with E-state index in [1.54, 1.807) is 7.11 Å². The predicted octanol–water partition coefficient (Wildman–Crippen LogP) is 2.62. The molecule has 2 rings (SSSR count). The van der Waals surface area contributed by atoms with Crippen LogP contribution in [0.4, 0.5) is 0 Å². The van der Waals surface area contributed by atoms with Gasteiger partial charge in [0.05, 0.1) is 7.11 Å². The third-order valence-electron chi connectivity index (χ3n) is 2.46. The molecule has 2 nitrogen and oxygen atoms in total. The molecule has 1 aromatic heterocycles. The minimum atomic E-state index is 0.909. The summed E-state index contributed by atoms with van der Waals surface area (Å²) in [5.41, 5.74) is 2.64. The highest BCUT2D eigenvalue weighted by atomic mass is 16.5. The highest BCUT2D eigenvalue weighted by molar-refractivity contribution is 5.30. The molecule has 0 aliphatic rings. The molecule has 2 aromatic rings. The zero-order valence-corrected chi connectivity index (χ0v) is 9.10. The lowest BCUT2D eigenvalue weighted by Gasteiger charge is -2.01. The number of aryl methyl sites for hydroxylation is 1. The van der Waals surface area contributed by atoms with E-state index in [4.69, 9.17) is 4.74 Å². The second-order valence-corrected chi connectivity index (χ2v) is 3.71. The molecular formula is C13H15NO. The molecule has 0 radical (unpaired) electrons. The van der Waals surface area contributed by atoms with Crippen LogP contribution in [0.25, 0.3) is 0 Å². The van der Waals surface area contributed by atoms with Crippen LogP contribution in [0.15, 0.2) is 42.7 Å². The van der Waals surface area contributed by atoms with Gasteiger partial charge < -0.3 is 9.30 Å². The number of ether oxygens (including phenoxy) is 1. The number of benzene rings is 1. The Kier molecular flexibility index (Phi) is 2.77. The second-order valence-electron chi connectivity index (χ2n) is 3.71. The monoisotopic (exact) mass is 201 g/mol. The smallest absolute Gasteiger partial charge is 0.118 e. The number of hydrogen-bond donors (Lipinski definition) is 0. The van der Waals surface area contributed by atoms with Gasteiger partial charge in [0, 0.05) is 19.4 Å². The van der Waals surface area contributed by atoms with Crippen LogP contribution in [-0.2, 0) is 13.5 Å². The van der Waals surface area contributed by atoms with Crippen LogP contribution in [0.1, 0.15) is 11.1 Å². The van der Waals surface area contributed by atoms with Crippen molar-refractivity contribution < 1.29 is 4.74 Å². The van der Waals surface area contributed by atoms with Crippen LogP contribution in [0.2, 0.25) is 0 Å². The van der Waals surface area contributed by atoms with Crippen LogP contribution in [0, 0.1) is 0 Å². The highest BCUT2D eigenvalue weighted by Crippen LogP contribution is 2.14. The molecule has 0 N–H and O–H groups in total. The molecule has 2 heteroatoms. The maximum absolute atomic E-state index is 5.12. The Morgan fingerprint density at radius 2 is 1.80 bits per heavy atom. The van der Waals surface area contributed by atoms with Crippen molar-refractivity contribution in [2.24, 2.45) is 7.05 Å². The minimum Gasteiger partial charge on any atom is -0.497 e. The van der Waals surface area contributed by atoms with Crippen molar-refractivity contribution >= 4 is 0 Å². The van der Waals surface area contributed by atoms with E-state index in [9.17, 15) is 0 Å². The highest BCUT2D eigenvalue weighted by Gasteiger charge is 1.98. The molecule has 1 heterocycles. The predicted molar refractivity (Wildman–Crippen MR) is 61.2 cm³/mol. The Bertz CT molecular complexity index is 428. The van der Waals surface area contributed by atoms with E-state index in [0.717, 1.165) is 12.2 Å². The van der Waals surface area contributed by atoms with E-state index in [-0.39, 0.29) is 0 Å². The lowest BCUT2D eigenvalue weighted by molar-refractivity contribution is 0.414. The lowest BCUT2D eigenvalue weighted by Crippen LogP contribution is -1.88. The van der Waals surface area contributed by atoms with Crippen LogP contribution in [0.5, 0.6) is 5.75 Å². The van der Waals surface area contributed by atoms with Gasteiger partial charge in [-0.2, -0.15) is 0 Å². The Labute approximate surface area is 90.1 Å². The van der Waals surface area contributed by atoms with Gasteiger partial charge in [-0.05, 0) is 35.7 Å². The van der Waals surface area contributed by atoms with E-state index in [0.29, 0.717) is 0 Å². The Morgan fingerprint density at radius 3 is 2.33 bits per heavy atom. The quantitative estimate of drug-likeness (QED) is 0.744. The first-order chi connectivity index (χ1) is 7.28. The first-order valence-corrected chi connectivity index (χ1v) is 5.02. The van der Waals surface area contributed by atoms with Crippen molar-refractivity contribution in [2.75, 3.05) is 7.11 Å². The molecule has 0 saturated carbocycles. The molecule has 0 bridgehead atoms. The van der Waals surface area contributed by atoms with Crippen LogP contribution >= 0.6 is 0 Å². The molecular weight excluding hydrogens is 186 g/mol. The summed E-state index contributed by atoms with van der Waals surface area (Å²) in [6.07, 6.45) is 5.19. The SMILES string of the molecule is COc1ccc(Cc2ccn(C)c2)cc1. The van der Waals surface area contributed by atoms with Gasteiger partial charge in [0.15, 0.2) is 0 Å². The molecule has 0 fully saturated rings. The summed E-state index contributed by atoms with van der Waals surface area (Å²) in [6, 6.07) is 10.3. The maximum atomic E-state index is 5.12. The zero-order chi connectivity index (χ0) is 10.7. The molecule has 0 unspecified atom stereocenters. The Balaban J connectivity index is 2.11. The Hall–Kier alpha value is -1.70. The molecule has 0 atom stereocenters. The topological polar surface area (TPSA) is 14.2 Å². The number of aromatic nitrogens is 1. The molecule has 1 aromatic carbocycles. The second kappa shape index (κ2) is 4.22. The van der Waals surface area contributed by atoms with Crippen LogP contribution in [-0.4, -0.2) is 11.7 Å². The van der Waals surface area contributed by atoms with Gasteiger partial charge in [-0.25, -0.2) is 0 Å². The summed E-state index contributed by atoms with van der Waals surface area (Å²) in [7, 11) is 3.73. The maximum Gasteiger partial charge on any atom is 0.118 e. The van der Waals surface area contributed by atoms with Gasteiger partial charge >= 0.3 is 0 Å². The summed E-state index contributed by atoms with van der Waals surface area (Å²) in [5.74, 6) is 0.909. The first-order valence-electron chi connectivity index (χ1n) is 5.02. The van der Waals surface area contributed by atoms with Gasteiger partial charge in [-0.1, -0.05) is 12.1 Å². The fraction of sp³-hybridized carbons (Fsp3) is 0.231. The van der Waals surface area contributed by atoms with E-state index in [1.807, 2.05) is 19.2 Å². The number of nitrogens with zero attached hydrogens (tertiary/aromatic N) is 1. The first kappa shape index (κ1) is 9.84. The van der Waals surface area contributed by atoms with Crippen molar-refractivity contribution in [3.63, 3.8) is 0 Å². The number of rotatable bonds is 3. The van der Waals surface area contributed by atoms with Crippen molar-refractivity contribution in [3.05, 3.63) is 53.9 Å².